The van der Waals surface area contributed by atoms with Gasteiger partial charge in [0.2, 0.25) is 0 Å². The van der Waals surface area contributed by atoms with Crippen LogP contribution in [0.25, 0.3) is 16.8 Å². The van der Waals surface area contributed by atoms with Crippen molar-refractivity contribution in [1.82, 2.24) is 19.5 Å². The van der Waals surface area contributed by atoms with E-state index in [1.165, 1.54) is 24.8 Å². The third kappa shape index (κ3) is 2.54. The fraction of sp³-hybridized carbons (Fsp3) is 0.429. The summed E-state index contributed by atoms with van der Waals surface area (Å²) < 4.78 is 1.89. The zero-order chi connectivity index (χ0) is 17.6. The molecule has 1 N–H and O–H groups in total. The Hall–Kier alpha value is -2.24. The predicted molar refractivity (Wildman–Crippen MR) is 101 cm³/mol. The minimum atomic E-state index is 0.143. The van der Waals surface area contributed by atoms with Crippen LogP contribution in [-0.4, -0.2) is 44.3 Å². The lowest BCUT2D eigenvalue weighted by Gasteiger charge is -2.26. The molecule has 2 fully saturated rings. The molecule has 1 aliphatic carbocycles. The van der Waals surface area contributed by atoms with E-state index in [1.54, 1.807) is 0 Å². The minimum absolute atomic E-state index is 0.143. The van der Waals surface area contributed by atoms with E-state index in [4.69, 9.17) is 4.98 Å². The normalized spacial score (nSPS) is 25.8. The fourth-order valence-electron chi connectivity index (χ4n) is 4.98. The van der Waals surface area contributed by atoms with Crippen LogP contribution in [0.3, 0.4) is 0 Å². The van der Waals surface area contributed by atoms with E-state index in [0.717, 1.165) is 36.4 Å². The van der Waals surface area contributed by atoms with Gasteiger partial charge in [-0.15, -0.1) is 0 Å². The summed E-state index contributed by atoms with van der Waals surface area (Å²) in [6.07, 6.45) is 9.65. The number of hydrogen-bond donors (Lipinski definition) is 1. The highest BCUT2D eigenvalue weighted by atomic mass is 16.3. The monoisotopic (exact) mass is 348 g/mol. The van der Waals surface area contributed by atoms with Crippen LogP contribution in [0.4, 0.5) is 0 Å². The van der Waals surface area contributed by atoms with Crippen molar-refractivity contribution in [3.63, 3.8) is 0 Å². The first-order valence-electron chi connectivity index (χ1n) is 9.48. The van der Waals surface area contributed by atoms with Crippen molar-refractivity contribution < 1.29 is 5.11 Å². The van der Waals surface area contributed by atoms with Crippen LogP contribution in [0.5, 0.6) is 0 Å². The lowest BCUT2D eigenvalue weighted by atomic mass is 9.82. The Bertz CT molecular complexity index is 922. The molecule has 26 heavy (non-hydrogen) atoms. The van der Waals surface area contributed by atoms with Crippen LogP contribution < -0.4 is 0 Å². The number of hydrogen-bond acceptors (Lipinski definition) is 4. The Morgan fingerprint density at radius 1 is 1.19 bits per heavy atom. The van der Waals surface area contributed by atoms with Gasteiger partial charge >= 0.3 is 0 Å². The maximum absolute atomic E-state index is 9.91. The summed E-state index contributed by atoms with van der Waals surface area (Å²) in [6, 6.07) is 10.3. The first-order chi connectivity index (χ1) is 12.8. The number of rotatable bonds is 4. The molecule has 1 aliphatic heterocycles. The Morgan fingerprint density at radius 2 is 2.08 bits per heavy atom. The molecule has 5 rings (SSSR count). The van der Waals surface area contributed by atoms with Crippen LogP contribution in [-0.2, 0) is 6.54 Å². The van der Waals surface area contributed by atoms with E-state index in [1.807, 2.05) is 35.1 Å². The first kappa shape index (κ1) is 16.0. The second-order valence-electron chi connectivity index (χ2n) is 7.93. The number of likely N-dealkylation sites (tertiary alicyclic amines) is 1. The molecule has 1 aromatic carbocycles. The van der Waals surface area contributed by atoms with E-state index >= 15 is 0 Å². The summed E-state index contributed by atoms with van der Waals surface area (Å²) in [5, 5.41) is 14.4. The summed E-state index contributed by atoms with van der Waals surface area (Å²) in [5.74, 6) is 0.651. The summed E-state index contributed by atoms with van der Waals surface area (Å²) in [5.41, 5.74) is 4.41. The largest absolute Gasteiger partial charge is 0.396 e. The standard InChI is InChI=1S/C21H24N4O/c26-15-21-8-4-7-18(21)13-24(14-21)11-16-9-22-20-19(10-23-25(20)12-16)17-5-2-1-3-6-17/h1-3,5-6,9-10,12,18,26H,4,7-8,11,13-15H2/t18-,21+/m1/s1. The maximum Gasteiger partial charge on any atom is 0.162 e. The molecule has 2 aliphatic rings. The van der Waals surface area contributed by atoms with E-state index in [2.05, 4.69) is 28.3 Å². The third-order valence-electron chi connectivity index (χ3n) is 6.33. The third-order valence-corrected chi connectivity index (χ3v) is 6.33. The molecule has 3 heterocycles. The van der Waals surface area contributed by atoms with Gasteiger partial charge in [-0.25, -0.2) is 9.50 Å². The SMILES string of the molecule is OC[C@@]12CCC[C@@H]1CN(Cc1cnc3c(-c4ccccc4)cnn3c1)C2. The average molecular weight is 348 g/mol. The van der Waals surface area contributed by atoms with Crippen molar-refractivity contribution in [2.45, 2.75) is 25.8 Å². The van der Waals surface area contributed by atoms with Crippen molar-refractivity contribution in [2.75, 3.05) is 19.7 Å². The maximum atomic E-state index is 9.91. The van der Waals surface area contributed by atoms with Gasteiger partial charge in [0.25, 0.3) is 0 Å². The molecular formula is C21H24N4O. The summed E-state index contributed by atoms with van der Waals surface area (Å²) in [6.45, 7) is 3.29. The van der Waals surface area contributed by atoms with E-state index in [9.17, 15) is 5.11 Å². The Balaban J connectivity index is 1.38. The Morgan fingerprint density at radius 3 is 2.88 bits per heavy atom. The van der Waals surface area contributed by atoms with Gasteiger partial charge in [-0.05, 0) is 24.3 Å². The summed E-state index contributed by atoms with van der Waals surface area (Å²) in [7, 11) is 0. The van der Waals surface area contributed by atoms with Crippen molar-refractivity contribution >= 4 is 5.65 Å². The smallest absolute Gasteiger partial charge is 0.162 e. The number of aliphatic hydroxyl groups is 1. The molecular weight excluding hydrogens is 324 g/mol. The number of aliphatic hydroxyl groups excluding tert-OH is 1. The molecule has 2 atom stereocenters. The molecule has 1 saturated carbocycles. The van der Waals surface area contributed by atoms with Gasteiger partial charge in [-0.2, -0.15) is 5.10 Å². The Kier molecular flexibility index (Phi) is 3.80. The average Bonchev–Trinajstić information content (AvgIpc) is 3.34. The van der Waals surface area contributed by atoms with Gasteiger partial charge in [0, 0.05) is 48.6 Å². The van der Waals surface area contributed by atoms with E-state index < -0.39 is 0 Å². The number of aromatic nitrogens is 3. The van der Waals surface area contributed by atoms with Gasteiger partial charge in [-0.3, -0.25) is 4.90 Å². The molecule has 2 aromatic heterocycles. The lowest BCUT2D eigenvalue weighted by Crippen LogP contribution is -2.30. The van der Waals surface area contributed by atoms with Crippen LogP contribution in [0.2, 0.25) is 0 Å². The van der Waals surface area contributed by atoms with Crippen molar-refractivity contribution in [3.8, 4) is 11.1 Å². The second kappa shape index (κ2) is 6.18. The highest BCUT2D eigenvalue weighted by Gasteiger charge is 2.48. The molecule has 0 radical (unpaired) electrons. The van der Waals surface area contributed by atoms with Gasteiger partial charge in [0.1, 0.15) is 0 Å². The molecule has 1 saturated heterocycles. The summed E-state index contributed by atoms with van der Waals surface area (Å²) >= 11 is 0. The van der Waals surface area contributed by atoms with Crippen molar-refractivity contribution in [1.29, 1.82) is 0 Å². The lowest BCUT2D eigenvalue weighted by molar-refractivity contribution is 0.111. The number of fused-ring (bicyclic) bond motifs is 2. The molecule has 0 unspecified atom stereocenters. The van der Waals surface area contributed by atoms with Crippen molar-refractivity contribution in [3.05, 3.63) is 54.5 Å². The van der Waals surface area contributed by atoms with Crippen molar-refractivity contribution in [2.24, 2.45) is 11.3 Å². The molecule has 5 heteroatoms. The minimum Gasteiger partial charge on any atom is -0.396 e. The zero-order valence-electron chi connectivity index (χ0n) is 14.9. The summed E-state index contributed by atoms with van der Waals surface area (Å²) in [4.78, 5) is 7.17. The number of benzene rings is 1. The second-order valence-corrected chi connectivity index (χ2v) is 7.93. The first-order valence-corrected chi connectivity index (χ1v) is 9.48. The zero-order valence-corrected chi connectivity index (χ0v) is 14.9. The van der Waals surface area contributed by atoms with Gasteiger partial charge < -0.3 is 5.11 Å². The topological polar surface area (TPSA) is 53.7 Å². The van der Waals surface area contributed by atoms with Gasteiger partial charge in [0.05, 0.1) is 12.8 Å². The quantitative estimate of drug-likeness (QED) is 0.787. The van der Waals surface area contributed by atoms with Gasteiger partial charge in [-0.1, -0.05) is 36.8 Å². The molecule has 0 bridgehead atoms. The van der Waals surface area contributed by atoms with Crippen LogP contribution in [0, 0.1) is 11.3 Å². The predicted octanol–water partition coefficient (Wildman–Crippen LogP) is 2.99. The molecule has 134 valence electrons. The van der Waals surface area contributed by atoms with E-state index in [0.29, 0.717) is 12.5 Å². The Labute approximate surface area is 153 Å². The van der Waals surface area contributed by atoms with E-state index in [-0.39, 0.29) is 5.41 Å². The fourth-order valence-corrected chi connectivity index (χ4v) is 4.98. The molecule has 0 spiro atoms. The highest BCUT2D eigenvalue weighted by Crippen LogP contribution is 2.48. The molecule has 3 aromatic rings. The highest BCUT2D eigenvalue weighted by molar-refractivity contribution is 5.76. The van der Waals surface area contributed by atoms with Gasteiger partial charge in [0.15, 0.2) is 5.65 Å². The molecule has 5 nitrogen and oxygen atoms in total. The van der Waals surface area contributed by atoms with Crippen LogP contribution in [0.15, 0.2) is 48.9 Å². The molecule has 0 amide bonds. The van der Waals surface area contributed by atoms with Crippen LogP contribution >= 0.6 is 0 Å². The van der Waals surface area contributed by atoms with Crippen LogP contribution in [0.1, 0.15) is 24.8 Å². The number of nitrogens with zero attached hydrogens (tertiary/aromatic N) is 4.